The van der Waals surface area contributed by atoms with Gasteiger partial charge in [-0.3, -0.25) is 0 Å². The summed E-state index contributed by atoms with van der Waals surface area (Å²) >= 11 is 0. The lowest BCUT2D eigenvalue weighted by Crippen LogP contribution is -2.22. The summed E-state index contributed by atoms with van der Waals surface area (Å²) in [5.41, 5.74) is 2.47. The Balaban J connectivity index is 1.89. The van der Waals surface area contributed by atoms with E-state index in [2.05, 4.69) is 6.07 Å². The monoisotopic (exact) mass is 269 g/mol. The molecule has 0 fully saturated rings. The second kappa shape index (κ2) is 4.72. The molecule has 20 heavy (non-hydrogen) atoms. The van der Waals surface area contributed by atoms with Crippen molar-refractivity contribution in [1.29, 1.82) is 5.26 Å². The summed E-state index contributed by atoms with van der Waals surface area (Å²) in [5.74, 6) is -1.71. The molecular weight excluding hydrogens is 256 g/mol. The lowest BCUT2D eigenvalue weighted by atomic mass is 9.80. The molecule has 0 bridgehead atoms. The molecule has 100 valence electrons. The van der Waals surface area contributed by atoms with E-state index in [-0.39, 0.29) is 0 Å². The first-order chi connectivity index (χ1) is 9.62. The van der Waals surface area contributed by atoms with Crippen molar-refractivity contribution in [3.05, 3.63) is 70.8 Å². The number of benzene rings is 2. The minimum Gasteiger partial charge on any atom is -0.204 e. The van der Waals surface area contributed by atoms with Gasteiger partial charge in [0.2, 0.25) is 0 Å². The number of nitrogens with zero attached hydrogens (tertiary/aromatic N) is 1. The van der Waals surface area contributed by atoms with Crippen LogP contribution in [0.4, 0.5) is 8.78 Å². The van der Waals surface area contributed by atoms with Crippen molar-refractivity contribution in [2.75, 3.05) is 0 Å². The number of nitriles is 1. The van der Waals surface area contributed by atoms with Crippen LogP contribution in [0.3, 0.4) is 0 Å². The summed E-state index contributed by atoms with van der Waals surface area (Å²) in [6, 6.07) is 14.2. The highest BCUT2D eigenvalue weighted by Gasteiger charge is 2.37. The Morgan fingerprint density at radius 1 is 1.00 bits per heavy atom. The molecule has 0 aromatic heterocycles. The van der Waals surface area contributed by atoms with Crippen molar-refractivity contribution in [2.45, 2.75) is 19.3 Å². The van der Waals surface area contributed by atoms with Gasteiger partial charge in [-0.05, 0) is 48.1 Å². The Morgan fingerprint density at radius 3 is 2.20 bits per heavy atom. The average molecular weight is 269 g/mol. The van der Waals surface area contributed by atoms with Gasteiger partial charge < -0.3 is 0 Å². The Bertz CT molecular complexity index is 675. The van der Waals surface area contributed by atoms with Gasteiger partial charge >= 0.3 is 0 Å². The zero-order valence-corrected chi connectivity index (χ0v) is 10.9. The van der Waals surface area contributed by atoms with Crippen LogP contribution in [0.25, 0.3) is 0 Å². The van der Waals surface area contributed by atoms with Crippen molar-refractivity contribution in [3.8, 4) is 6.07 Å². The van der Waals surface area contributed by atoms with Crippen LogP contribution in [0.5, 0.6) is 0 Å². The number of hydrogen-bond acceptors (Lipinski definition) is 1. The van der Waals surface area contributed by atoms with E-state index in [0.29, 0.717) is 24.8 Å². The molecule has 3 rings (SSSR count). The summed E-state index contributed by atoms with van der Waals surface area (Å²) < 4.78 is 26.3. The van der Waals surface area contributed by atoms with Gasteiger partial charge in [0.25, 0.3) is 0 Å². The van der Waals surface area contributed by atoms with Crippen LogP contribution in [-0.2, 0) is 19.3 Å². The van der Waals surface area contributed by atoms with E-state index < -0.39 is 17.0 Å². The van der Waals surface area contributed by atoms with Crippen LogP contribution in [0.1, 0.15) is 16.7 Å². The molecule has 1 nitrogen and oxygen atoms in total. The maximum absolute atomic E-state index is 13.3. The van der Waals surface area contributed by atoms with E-state index in [9.17, 15) is 14.0 Å². The minimum absolute atomic E-state index is 0.440. The predicted molar refractivity (Wildman–Crippen MR) is 72.0 cm³/mol. The van der Waals surface area contributed by atoms with E-state index in [0.717, 1.165) is 6.07 Å². The summed E-state index contributed by atoms with van der Waals surface area (Å²) in [6.07, 6.45) is 1.77. The number of rotatable bonds is 2. The largest absolute Gasteiger partial charge is 0.204 e. The standard InChI is InChI=1S/C17H13F2N/c18-15-6-5-12(7-16(15)19)8-17(11-20)9-13-3-1-2-4-14(13)10-17/h1-7H,8-10H2. The highest BCUT2D eigenvalue weighted by molar-refractivity contribution is 5.38. The fraction of sp³-hybridized carbons (Fsp3) is 0.235. The smallest absolute Gasteiger partial charge is 0.159 e. The molecule has 1 aliphatic rings. The molecule has 0 radical (unpaired) electrons. The molecule has 0 amide bonds. The second-order valence-corrected chi connectivity index (χ2v) is 5.44. The normalized spacial score (nSPS) is 15.7. The lowest BCUT2D eigenvalue weighted by Gasteiger charge is -2.20. The average Bonchev–Trinajstić information content (AvgIpc) is 2.81. The van der Waals surface area contributed by atoms with Gasteiger partial charge in [0.1, 0.15) is 0 Å². The van der Waals surface area contributed by atoms with Gasteiger partial charge in [0, 0.05) is 0 Å². The van der Waals surface area contributed by atoms with Gasteiger partial charge in [-0.25, -0.2) is 8.78 Å². The first-order valence-electron chi connectivity index (χ1n) is 6.54. The minimum atomic E-state index is -0.855. The quantitative estimate of drug-likeness (QED) is 0.813. The van der Waals surface area contributed by atoms with Crippen LogP contribution < -0.4 is 0 Å². The molecule has 0 atom stereocenters. The van der Waals surface area contributed by atoms with Gasteiger partial charge in [-0.15, -0.1) is 0 Å². The van der Waals surface area contributed by atoms with Crippen LogP contribution in [0, 0.1) is 28.4 Å². The maximum Gasteiger partial charge on any atom is 0.159 e. The molecular formula is C17H13F2N. The Labute approximate surface area is 116 Å². The van der Waals surface area contributed by atoms with E-state index >= 15 is 0 Å². The van der Waals surface area contributed by atoms with Crippen molar-refractivity contribution in [2.24, 2.45) is 5.41 Å². The summed E-state index contributed by atoms with van der Waals surface area (Å²) in [5, 5.41) is 9.56. The van der Waals surface area contributed by atoms with Crippen LogP contribution in [0.2, 0.25) is 0 Å². The third-order valence-electron chi connectivity index (χ3n) is 3.94. The number of hydrogen-bond donors (Lipinski definition) is 0. The second-order valence-electron chi connectivity index (χ2n) is 5.44. The first kappa shape index (κ1) is 12.8. The van der Waals surface area contributed by atoms with Crippen molar-refractivity contribution >= 4 is 0 Å². The van der Waals surface area contributed by atoms with Gasteiger partial charge in [-0.1, -0.05) is 30.3 Å². The molecule has 0 unspecified atom stereocenters. The molecule has 0 aliphatic heterocycles. The van der Waals surface area contributed by atoms with Gasteiger partial charge in [0.05, 0.1) is 11.5 Å². The zero-order chi connectivity index (χ0) is 14.2. The topological polar surface area (TPSA) is 23.8 Å². The van der Waals surface area contributed by atoms with Crippen molar-refractivity contribution < 1.29 is 8.78 Å². The molecule has 0 saturated carbocycles. The predicted octanol–water partition coefficient (Wildman–Crippen LogP) is 3.82. The Hall–Kier alpha value is -2.21. The highest BCUT2D eigenvalue weighted by atomic mass is 19.2. The van der Waals surface area contributed by atoms with E-state index in [1.54, 1.807) is 6.07 Å². The molecule has 0 N–H and O–H groups in total. The van der Waals surface area contributed by atoms with Crippen molar-refractivity contribution in [3.63, 3.8) is 0 Å². The van der Waals surface area contributed by atoms with Gasteiger partial charge in [0.15, 0.2) is 11.6 Å². The summed E-state index contributed by atoms with van der Waals surface area (Å²) in [6.45, 7) is 0. The molecule has 1 aliphatic carbocycles. The number of halogens is 2. The third-order valence-corrected chi connectivity index (χ3v) is 3.94. The summed E-state index contributed by atoms with van der Waals surface area (Å²) in [7, 11) is 0. The highest BCUT2D eigenvalue weighted by Crippen LogP contribution is 2.39. The van der Waals surface area contributed by atoms with E-state index in [1.165, 1.54) is 17.2 Å². The van der Waals surface area contributed by atoms with Crippen molar-refractivity contribution in [1.82, 2.24) is 0 Å². The molecule has 0 spiro atoms. The first-order valence-corrected chi connectivity index (χ1v) is 6.54. The molecule has 2 aromatic carbocycles. The molecule has 3 heteroatoms. The Morgan fingerprint density at radius 2 is 1.65 bits per heavy atom. The van der Waals surface area contributed by atoms with Gasteiger partial charge in [-0.2, -0.15) is 5.26 Å². The van der Waals surface area contributed by atoms with Crippen LogP contribution >= 0.6 is 0 Å². The number of fused-ring (bicyclic) bond motifs is 1. The van der Waals surface area contributed by atoms with Crippen LogP contribution in [0.15, 0.2) is 42.5 Å². The summed E-state index contributed by atoms with van der Waals surface area (Å²) in [4.78, 5) is 0. The Kier molecular flexibility index (Phi) is 3.02. The fourth-order valence-corrected chi connectivity index (χ4v) is 2.98. The van der Waals surface area contributed by atoms with E-state index in [1.807, 2.05) is 24.3 Å². The molecule has 0 heterocycles. The third kappa shape index (κ3) is 2.18. The maximum atomic E-state index is 13.3. The fourth-order valence-electron chi connectivity index (χ4n) is 2.98. The SMILES string of the molecule is N#CC1(Cc2ccc(F)c(F)c2)Cc2ccccc2C1. The lowest BCUT2D eigenvalue weighted by molar-refractivity contribution is 0.415. The van der Waals surface area contributed by atoms with Crippen LogP contribution in [-0.4, -0.2) is 0 Å². The molecule has 2 aromatic rings. The zero-order valence-electron chi connectivity index (χ0n) is 10.9. The van der Waals surface area contributed by atoms with E-state index in [4.69, 9.17) is 0 Å². The molecule has 0 saturated heterocycles.